The number of carbonyl (C=O) groups is 1. The van der Waals surface area contributed by atoms with Gasteiger partial charge in [0, 0.05) is 35.6 Å². The van der Waals surface area contributed by atoms with Crippen LogP contribution in [0.2, 0.25) is 0 Å². The van der Waals surface area contributed by atoms with Crippen LogP contribution in [0.1, 0.15) is 93.3 Å². The molecule has 0 bridgehead atoms. The number of hydrogen-bond acceptors (Lipinski definition) is 7. The van der Waals surface area contributed by atoms with Gasteiger partial charge in [-0.3, -0.25) is 4.79 Å². The first kappa shape index (κ1) is 41.2. The fourth-order valence-corrected chi connectivity index (χ4v) is 8.15. The second-order valence-corrected chi connectivity index (χ2v) is 14.9. The lowest BCUT2D eigenvalue weighted by atomic mass is 9.94. The summed E-state index contributed by atoms with van der Waals surface area (Å²) in [6.45, 7) is 17.7. The number of carbonyl (C=O) groups excluding carboxylic acids is 1. The standard InChI is InChI=1S/C47H60F2N4O3/c1-5-50(6-2)25-9-11-29-55-39-19-23-43-35(31-39)15-13-27-52(43)45-33-37(48)17-21-41(45)47(54)42-22-18-38(49)34-46(42)53-28-14-16-36-32-40(20-24-44(36)53)56-30-12-10-26-51(7-3)8-4/h17-24,31-34H,5-16,25-30H2,1-4H3. The minimum Gasteiger partial charge on any atom is -0.494 e. The zero-order valence-electron chi connectivity index (χ0n) is 33.9. The number of aryl methyl sites for hydroxylation is 2. The minimum absolute atomic E-state index is 0.274. The van der Waals surface area contributed by atoms with Crippen LogP contribution in [0.4, 0.5) is 31.5 Å². The molecule has 0 amide bonds. The van der Waals surface area contributed by atoms with Crippen molar-refractivity contribution in [3.05, 3.63) is 107 Å². The molecule has 7 nitrogen and oxygen atoms in total. The molecule has 56 heavy (non-hydrogen) atoms. The Morgan fingerprint density at radius 2 is 1.00 bits per heavy atom. The molecule has 2 aliphatic rings. The Hall–Kier alpha value is -4.47. The molecule has 4 aromatic rings. The Bertz CT molecular complexity index is 1780. The van der Waals surface area contributed by atoms with Gasteiger partial charge in [0.25, 0.3) is 0 Å². The second kappa shape index (κ2) is 20.1. The molecule has 2 aliphatic heterocycles. The van der Waals surface area contributed by atoms with Gasteiger partial charge in [0.2, 0.25) is 0 Å². The summed E-state index contributed by atoms with van der Waals surface area (Å²) in [6, 6.07) is 20.9. The average Bonchev–Trinajstić information content (AvgIpc) is 3.22. The predicted molar refractivity (Wildman–Crippen MR) is 225 cm³/mol. The molecule has 9 heteroatoms. The number of halogens is 2. The highest BCUT2D eigenvalue weighted by Gasteiger charge is 2.29. The minimum atomic E-state index is -0.417. The predicted octanol–water partition coefficient (Wildman–Crippen LogP) is 10.4. The van der Waals surface area contributed by atoms with Crippen LogP contribution in [0.15, 0.2) is 72.8 Å². The van der Waals surface area contributed by atoms with E-state index in [1.54, 1.807) is 12.1 Å². The van der Waals surface area contributed by atoms with Crippen LogP contribution in [-0.2, 0) is 12.8 Å². The van der Waals surface area contributed by atoms with Crippen LogP contribution in [0.3, 0.4) is 0 Å². The highest BCUT2D eigenvalue weighted by Crippen LogP contribution is 2.41. The first-order valence-corrected chi connectivity index (χ1v) is 21.0. The average molecular weight is 767 g/mol. The van der Waals surface area contributed by atoms with Crippen LogP contribution >= 0.6 is 0 Å². The SMILES string of the molecule is CCN(CC)CCCCOc1ccc2c(c1)CCCN2c1cc(F)ccc1C(=O)c1ccc(F)cc1N1CCCc2cc(OCCCCN(CC)CC)ccc21. The number of ketones is 1. The van der Waals surface area contributed by atoms with E-state index < -0.39 is 11.6 Å². The number of fused-ring (bicyclic) bond motifs is 2. The van der Waals surface area contributed by atoms with Crippen molar-refractivity contribution < 1.29 is 23.0 Å². The van der Waals surface area contributed by atoms with E-state index in [1.165, 1.54) is 24.3 Å². The molecule has 2 heterocycles. The molecular weight excluding hydrogens is 707 g/mol. The molecule has 0 aromatic heterocycles. The number of anilines is 4. The topological polar surface area (TPSA) is 48.5 Å². The summed E-state index contributed by atoms with van der Waals surface area (Å²) in [4.78, 5) is 23.6. The van der Waals surface area contributed by atoms with Crippen molar-refractivity contribution in [2.45, 2.75) is 79.1 Å². The number of benzene rings is 4. The van der Waals surface area contributed by atoms with Crippen molar-refractivity contribution >= 4 is 28.5 Å². The van der Waals surface area contributed by atoms with Crippen molar-refractivity contribution in [1.82, 2.24) is 9.80 Å². The summed E-state index contributed by atoms with van der Waals surface area (Å²) in [7, 11) is 0. The Balaban J connectivity index is 1.20. The number of rotatable bonds is 20. The molecule has 0 N–H and O–H groups in total. The maximum Gasteiger partial charge on any atom is 0.197 e. The summed E-state index contributed by atoms with van der Waals surface area (Å²) in [5.41, 5.74) is 5.87. The number of ether oxygens (including phenoxy) is 2. The van der Waals surface area contributed by atoms with Crippen LogP contribution in [0, 0.1) is 11.6 Å². The Morgan fingerprint density at radius 1 is 0.571 bits per heavy atom. The van der Waals surface area contributed by atoms with Gasteiger partial charge in [-0.05, 0) is 175 Å². The zero-order chi connectivity index (χ0) is 39.4. The van der Waals surface area contributed by atoms with Gasteiger partial charge in [0.05, 0.1) is 24.6 Å². The molecule has 6 rings (SSSR count). The van der Waals surface area contributed by atoms with Gasteiger partial charge in [-0.1, -0.05) is 27.7 Å². The van der Waals surface area contributed by atoms with E-state index in [2.05, 4.69) is 49.6 Å². The molecule has 0 atom stereocenters. The Labute approximate surface area is 333 Å². The molecule has 0 aliphatic carbocycles. The quantitative estimate of drug-likeness (QED) is 0.0656. The first-order chi connectivity index (χ1) is 27.3. The Kier molecular flexibility index (Phi) is 14.8. The van der Waals surface area contributed by atoms with Crippen LogP contribution in [0.25, 0.3) is 0 Å². The summed E-state index contributed by atoms with van der Waals surface area (Å²) < 4.78 is 42.5. The molecule has 300 valence electrons. The zero-order valence-corrected chi connectivity index (χ0v) is 33.9. The monoisotopic (exact) mass is 766 g/mol. The Morgan fingerprint density at radius 3 is 1.41 bits per heavy atom. The molecule has 0 unspecified atom stereocenters. The lowest BCUT2D eigenvalue weighted by Gasteiger charge is -2.34. The summed E-state index contributed by atoms with van der Waals surface area (Å²) in [6.07, 6.45) is 7.56. The van der Waals surface area contributed by atoms with Gasteiger partial charge < -0.3 is 29.1 Å². The molecule has 0 saturated carbocycles. The van der Waals surface area contributed by atoms with Gasteiger partial charge in [0.1, 0.15) is 23.1 Å². The van der Waals surface area contributed by atoms with Gasteiger partial charge in [-0.2, -0.15) is 0 Å². The van der Waals surface area contributed by atoms with E-state index in [0.29, 0.717) is 48.8 Å². The molecule has 0 radical (unpaired) electrons. The van der Waals surface area contributed by atoms with E-state index in [9.17, 15) is 4.79 Å². The summed E-state index contributed by atoms with van der Waals surface area (Å²) >= 11 is 0. The van der Waals surface area contributed by atoms with Crippen LogP contribution in [-0.4, -0.2) is 81.2 Å². The number of nitrogens with zero attached hydrogens (tertiary/aromatic N) is 4. The van der Waals surface area contributed by atoms with E-state index in [4.69, 9.17) is 9.47 Å². The van der Waals surface area contributed by atoms with E-state index in [0.717, 1.165) is 125 Å². The van der Waals surface area contributed by atoms with Gasteiger partial charge in [-0.25, -0.2) is 8.78 Å². The lowest BCUT2D eigenvalue weighted by molar-refractivity contribution is 0.103. The van der Waals surface area contributed by atoms with Gasteiger partial charge in [0.15, 0.2) is 5.78 Å². The highest BCUT2D eigenvalue weighted by molar-refractivity contribution is 6.16. The normalized spacial score (nSPS) is 13.9. The fraction of sp³-hybridized carbons (Fsp3) is 0.468. The van der Waals surface area contributed by atoms with Crippen LogP contribution < -0.4 is 19.3 Å². The van der Waals surface area contributed by atoms with Crippen molar-refractivity contribution in [2.75, 3.05) is 75.4 Å². The third-order valence-corrected chi connectivity index (χ3v) is 11.4. The largest absolute Gasteiger partial charge is 0.494 e. The lowest BCUT2D eigenvalue weighted by Crippen LogP contribution is -2.28. The third-order valence-electron chi connectivity index (χ3n) is 11.4. The smallest absolute Gasteiger partial charge is 0.197 e. The third kappa shape index (κ3) is 10.1. The molecule has 0 saturated heterocycles. The number of hydrogen-bond donors (Lipinski definition) is 0. The highest BCUT2D eigenvalue weighted by atomic mass is 19.1. The summed E-state index contributed by atoms with van der Waals surface area (Å²) in [5.74, 6) is 0.542. The van der Waals surface area contributed by atoms with E-state index >= 15 is 8.78 Å². The fourth-order valence-electron chi connectivity index (χ4n) is 8.15. The number of unbranched alkanes of at least 4 members (excludes halogenated alkanes) is 2. The first-order valence-electron chi connectivity index (χ1n) is 21.0. The van der Waals surface area contributed by atoms with Crippen molar-refractivity contribution in [3.63, 3.8) is 0 Å². The van der Waals surface area contributed by atoms with Crippen LogP contribution in [0.5, 0.6) is 11.5 Å². The molecule has 0 fully saturated rings. The maximum absolute atomic E-state index is 15.1. The van der Waals surface area contributed by atoms with Gasteiger partial charge in [-0.15, -0.1) is 0 Å². The second-order valence-electron chi connectivity index (χ2n) is 14.9. The summed E-state index contributed by atoms with van der Waals surface area (Å²) in [5, 5.41) is 0. The molecule has 4 aromatic carbocycles. The van der Waals surface area contributed by atoms with Crippen molar-refractivity contribution in [1.29, 1.82) is 0 Å². The van der Waals surface area contributed by atoms with E-state index in [-0.39, 0.29) is 5.78 Å². The maximum atomic E-state index is 15.1. The van der Waals surface area contributed by atoms with E-state index in [1.807, 2.05) is 34.1 Å². The van der Waals surface area contributed by atoms with Crippen molar-refractivity contribution in [3.8, 4) is 11.5 Å². The van der Waals surface area contributed by atoms with Crippen molar-refractivity contribution in [2.24, 2.45) is 0 Å². The molecule has 0 spiro atoms. The molecular formula is C47H60F2N4O3. The van der Waals surface area contributed by atoms with Gasteiger partial charge >= 0.3 is 0 Å².